The van der Waals surface area contributed by atoms with Crippen LogP contribution in [0.4, 0.5) is 11.8 Å². The maximum absolute atomic E-state index is 9.09. The van der Waals surface area contributed by atoms with Gasteiger partial charge in [0, 0.05) is 31.4 Å². The van der Waals surface area contributed by atoms with Crippen molar-refractivity contribution in [1.82, 2.24) is 9.97 Å². The molecule has 17 heavy (non-hydrogen) atoms. The molecule has 1 aromatic heterocycles. The maximum atomic E-state index is 9.09. The van der Waals surface area contributed by atoms with Gasteiger partial charge < -0.3 is 15.3 Å². The van der Waals surface area contributed by atoms with Gasteiger partial charge >= 0.3 is 0 Å². The molecule has 0 unspecified atom stereocenters. The normalized spacial score (nSPS) is 10.4. The topological polar surface area (TPSA) is 61.3 Å². The first kappa shape index (κ1) is 13.7. The largest absolute Gasteiger partial charge is 0.395 e. The van der Waals surface area contributed by atoms with Gasteiger partial charge in [-0.2, -0.15) is 4.98 Å². The van der Waals surface area contributed by atoms with Crippen molar-refractivity contribution >= 4 is 11.8 Å². The third-order valence-corrected chi connectivity index (χ3v) is 2.44. The zero-order valence-corrected chi connectivity index (χ0v) is 10.9. The van der Waals surface area contributed by atoms with Gasteiger partial charge in [0.15, 0.2) is 0 Å². The van der Waals surface area contributed by atoms with E-state index in [1.165, 1.54) is 0 Å². The van der Waals surface area contributed by atoms with Gasteiger partial charge in [0.25, 0.3) is 0 Å². The summed E-state index contributed by atoms with van der Waals surface area (Å²) in [6, 6.07) is 0. The smallest absolute Gasteiger partial charge is 0.224 e. The van der Waals surface area contributed by atoms with Crippen LogP contribution in [0.15, 0.2) is 6.20 Å². The molecule has 0 aliphatic carbocycles. The third kappa shape index (κ3) is 3.85. The fourth-order valence-electron chi connectivity index (χ4n) is 1.71. The fraction of sp³-hybridized carbons (Fsp3) is 0.667. The van der Waals surface area contributed by atoms with Gasteiger partial charge in [-0.25, -0.2) is 4.98 Å². The standard InChI is InChI=1S/C12H22N4O/c1-4-6-16(7-8-17)11-10(3)9-14-12(15-11)13-5-2/h9,17H,4-8H2,1-3H3,(H,13,14,15). The molecule has 0 amide bonds. The summed E-state index contributed by atoms with van der Waals surface area (Å²) < 4.78 is 0. The Balaban J connectivity index is 2.94. The molecule has 0 spiro atoms. The van der Waals surface area contributed by atoms with E-state index >= 15 is 0 Å². The summed E-state index contributed by atoms with van der Waals surface area (Å²) in [5.41, 5.74) is 1.04. The summed E-state index contributed by atoms with van der Waals surface area (Å²) >= 11 is 0. The molecule has 0 aliphatic heterocycles. The Hall–Kier alpha value is -1.36. The van der Waals surface area contributed by atoms with Crippen LogP contribution in [-0.4, -0.2) is 41.3 Å². The summed E-state index contributed by atoms with van der Waals surface area (Å²) in [5.74, 6) is 1.55. The van der Waals surface area contributed by atoms with Gasteiger partial charge in [-0.15, -0.1) is 0 Å². The Kier molecular flexibility index (Phi) is 5.69. The number of hydrogen-bond acceptors (Lipinski definition) is 5. The lowest BCUT2D eigenvalue weighted by molar-refractivity contribution is 0.301. The molecule has 5 heteroatoms. The molecule has 1 heterocycles. The van der Waals surface area contributed by atoms with Crippen molar-refractivity contribution < 1.29 is 5.11 Å². The van der Waals surface area contributed by atoms with Crippen LogP contribution in [0.2, 0.25) is 0 Å². The second-order valence-corrected chi connectivity index (χ2v) is 3.94. The predicted molar refractivity (Wildman–Crippen MR) is 70.5 cm³/mol. The quantitative estimate of drug-likeness (QED) is 0.752. The van der Waals surface area contributed by atoms with Crippen molar-refractivity contribution in [3.05, 3.63) is 11.8 Å². The van der Waals surface area contributed by atoms with E-state index in [0.29, 0.717) is 12.5 Å². The number of hydrogen-bond donors (Lipinski definition) is 2. The minimum Gasteiger partial charge on any atom is -0.395 e. The lowest BCUT2D eigenvalue weighted by Crippen LogP contribution is -2.29. The third-order valence-electron chi connectivity index (χ3n) is 2.44. The van der Waals surface area contributed by atoms with Gasteiger partial charge in [-0.1, -0.05) is 6.92 Å². The van der Waals surface area contributed by atoms with Crippen LogP contribution in [0.1, 0.15) is 25.8 Å². The van der Waals surface area contributed by atoms with E-state index in [1.54, 1.807) is 0 Å². The maximum Gasteiger partial charge on any atom is 0.224 e. The summed E-state index contributed by atoms with van der Waals surface area (Å²) in [7, 11) is 0. The molecular weight excluding hydrogens is 216 g/mol. The van der Waals surface area contributed by atoms with Crippen LogP contribution in [-0.2, 0) is 0 Å². The average molecular weight is 238 g/mol. The van der Waals surface area contributed by atoms with Crippen molar-refractivity contribution in [1.29, 1.82) is 0 Å². The Morgan fingerprint density at radius 2 is 2.12 bits per heavy atom. The molecule has 0 saturated heterocycles. The fourth-order valence-corrected chi connectivity index (χ4v) is 1.71. The van der Waals surface area contributed by atoms with Gasteiger partial charge in [0.05, 0.1) is 6.61 Å². The molecule has 1 rings (SSSR count). The van der Waals surface area contributed by atoms with Gasteiger partial charge in [0.2, 0.25) is 5.95 Å². The van der Waals surface area contributed by atoms with Gasteiger partial charge in [-0.05, 0) is 20.3 Å². The lowest BCUT2D eigenvalue weighted by atomic mass is 10.3. The summed E-state index contributed by atoms with van der Waals surface area (Å²) in [6.45, 7) is 8.56. The van der Waals surface area contributed by atoms with Crippen LogP contribution >= 0.6 is 0 Å². The van der Waals surface area contributed by atoms with Crippen LogP contribution in [0, 0.1) is 6.92 Å². The minimum atomic E-state index is 0.139. The van der Waals surface area contributed by atoms with E-state index < -0.39 is 0 Å². The number of nitrogens with zero attached hydrogens (tertiary/aromatic N) is 3. The Bertz CT molecular complexity index is 337. The SMILES string of the molecule is CCCN(CCO)c1nc(NCC)ncc1C. The first-order valence-electron chi connectivity index (χ1n) is 6.16. The van der Waals surface area contributed by atoms with Gasteiger partial charge in [-0.3, -0.25) is 0 Å². The predicted octanol–water partition coefficient (Wildman–Crippen LogP) is 1.43. The van der Waals surface area contributed by atoms with Crippen LogP contribution in [0.25, 0.3) is 0 Å². The highest BCUT2D eigenvalue weighted by Gasteiger charge is 2.11. The van der Waals surface area contributed by atoms with Crippen molar-refractivity contribution in [2.45, 2.75) is 27.2 Å². The van der Waals surface area contributed by atoms with E-state index in [2.05, 4.69) is 27.1 Å². The second kappa shape index (κ2) is 7.06. The molecule has 5 nitrogen and oxygen atoms in total. The molecule has 0 saturated carbocycles. The van der Waals surface area contributed by atoms with E-state index in [0.717, 1.165) is 30.9 Å². The van der Waals surface area contributed by atoms with Crippen molar-refractivity contribution in [2.75, 3.05) is 36.5 Å². The number of anilines is 2. The average Bonchev–Trinajstić information content (AvgIpc) is 2.32. The number of nitrogens with one attached hydrogen (secondary N) is 1. The molecule has 0 bridgehead atoms. The first-order valence-corrected chi connectivity index (χ1v) is 6.16. The first-order chi connectivity index (χ1) is 8.22. The molecule has 1 aromatic rings. The molecular formula is C12H22N4O. The zero-order chi connectivity index (χ0) is 12.7. The molecule has 0 aromatic carbocycles. The molecule has 0 atom stereocenters. The zero-order valence-electron chi connectivity index (χ0n) is 10.9. The molecule has 0 fully saturated rings. The van der Waals surface area contributed by atoms with Crippen LogP contribution in [0.5, 0.6) is 0 Å². The molecule has 96 valence electrons. The van der Waals surface area contributed by atoms with Crippen molar-refractivity contribution in [3.8, 4) is 0 Å². The molecule has 0 aliphatic rings. The highest BCUT2D eigenvalue weighted by Crippen LogP contribution is 2.17. The molecule has 2 N–H and O–H groups in total. The number of aliphatic hydroxyl groups excluding tert-OH is 1. The number of aromatic nitrogens is 2. The Labute approximate surface area is 103 Å². The molecule has 0 radical (unpaired) electrons. The van der Waals surface area contributed by atoms with Crippen LogP contribution < -0.4 is 10.2 Å². The highest BCUT2D eigenvalue weighted by molar-refractivity contribution is 5.48. The van der Waals surface area contributed by atoms with E-state index in [-0.39, 0.29) is 6.61 Å². The van der Waals surface area contributed by atoms with Gasteiger partial charge in [0.1, 0.15) is 5.82 Å². The van der Waals surface area contributed by atoms with Crippen molar-refractivity contribution in [2.24, 2.45) is 0 Å². The highest BCUT2D eigenvalue weighted by atomic mass is 16.3. The minimum absolute atomic E-state index is 0.139. The van der Waals surface area contributed by atoms with E-state index in [4.69, 9.17) is 5.11 Å². The Morgan fingerprint density at radius 3 is 2.71 bits per heavy atom. The second-order valence-electron chi connectivity index (χ2n) is 3.94. The van der Waals surface area contributed by atoms with Crippen molar-refractivity contribution in [3.63, 3.8) is 0 Å². The summed E-state index contributed by atoms with van der Waals surface area (Å²) in [4.78, 5) is 10.8. The Morgan fingerprint density at radius 1 is 1.35 bits per heavy atom. The monoisotopic (exact) mass is 238 g/mol. The lowest BCUT2D eigenvalue weighted by Gasteiger charge is -2.24. The summed E-state index contributed by atoms with van der Waals surface area (Å²) in [5, 5.41) is 12.2. The van der Waals surface area contributed by atoms with E-state index in [9.17, 15) is 0 Å². The van der Waals surface area contributed by atoms with E-state index in [1.807, 2.05) is 20.0 Å². The number of aliphatic hydroxyl groups is 1. The van der Waals surface area contributed by atoms with Crippen LogP contribution in [0.3, 0.4) is 0 Å². The number of aryl methyl sites for hydroxylation is 1. The summed E-state index contributed by atoms with van der Waals surface area (Å²) in [6.07, 6.45) is 2.85. The number of rotatable bonds is 7.